The van der Waals surface area contributed by atoms with Gasteiger partial charge in [-0.25, -0.2) is 4.98 Å². The van der Waals surface area contributed by atoms with E-state index in [1.807, 2.05) is 13.0 Å². The average molecular weight is 253 g/mol. The molecule has 5 nitrogen and oxygen atoms in total. The Kier molecular flexibility index (Phi) is 5.88. The lowest BCUT2D eigenvalue weighted by Gasteiger charge is -2.30. The molecular weight excluding hydrogens is 230 g/mol. The lowest BCUT2D eigenvalue weighted by molar-refractivity contribution is 0.170. The largest absolute Gasteiger partial charge is 0.397 e. The molecule has 5 heteroatoms. The molecule has 0 aliphatic heterocycles. The number of aryl methyl sites for hydroxylation is 1. The summed E-state index contributed by atoms with van der Waals surface area (Å²) >= 11 is 0. The predicted octanol–water partition coefficient (Wildman–Crippen LogP) is 1.46. The molecule has 1 aromatic rings. The number of hydrogen-bond acceptors (Lipinski definition) is 5. The molecule has 1 aromatic heterocycles. The molecule has 2 N–H and O–H groups in total. The molecule has 102 valence electrons. The fourth-order valence-electron chi connectivity index (χ4n) is 1.95. The molecule has 0 fully saturated rings. The third kappa shape index (κ3) is 3.85. The lowest BCUT2D eigenvalue weighted by atomic mass is 10.2. The van der Waals surface area contributed by atoms with Gasteiger partial charge in [0.05, 0.1) is 31.1 Å². The number of pyridine rings is 1. The van der Waals surface area contributed by atoms with Crippen molar-refractivity contribution < 1.29 is 9.47 Å². The number of aromatic nitrogens is 1. The number of anilines is 2. The molecule has 0 saturated heterocycles. The van der Waals surface area contributed by atoms with Gasteiger partial charge in [-0.15, -0.1) is 0 Å². The van der Waals surface area contributed by atoms with Crippen LogP contribution in [0, 0.1) is 6.92 Å². The molecule has 1 atom stereocenters. The van der Waals surface area contributed by atoms with Crippen molar-refractivity contribution in [3.05, 3.63) is 17.8 Å². The first-order valence-corrected chi connectivity index (χ1v) is 6.06. The van der Waals surface area contributed by atoms with E-state index < -0.39 is 0 Å². The van der Waals surface area contributed by atoms with Crippen LogP contribution in [0.2, 0.25) is 0 Å². The number of nitrogens with two attached hydrogens (primary N) is 1. The minimum absolute atomic E-state index is 0.236. The zero-order chi connectivity index (χ0) is 13.5. The van der Waals surface area contributed by atoms with E-state index in [1.54, 1.807) is 20.4 Å². The predicted molar refractivity (Wildman–Crippen MR) is 73.9 cm³/mol. The quantitative estimate of drug-likeness (QED) is 0.797. The summed E-state index contributed by atoms with van der Waals surface area (Å²) in [4.78, 5) is 6.61. The van der Waals surface area contributed by atoms with Crippen molar-refractivity contribution in [2.75, 3.05) is 44.6 Å². The van der Waals surface area contributed by atoms with E-state index in [9.17, 15) is 0 Å². The van der Waals surface area contributed by atoms with Gasteiger partial charge in [-0.3, -0.25) is 0 Å². The zero-order valence-corrected chi connectivity index (χ0v) is 11.6. The van der Waals surface area contributed by atoms with Crippen LogP contribution < -0.4 is 10.6 Å². The highest BCUT2D eigenvalue weighted by Crippen LogP contribution is 2.21. The Bertz CT molecular complexity index is 371. The normalized spacial score (nSPS) is 12.4. The van der Waals surface area contributed by atoms with Crippen molar-refractivity contribution in [3.8, 4) is 0 Å². The van der Waals surface area contributed by atoms with Gasteiger partial charge in [0, 0.05) is 20.8 Å². The molecule has 0 spiro atoms. The first-order chi connectivity index (χ1) is 8.60. The number of ether oxygens (including phenoxy) is 2. The second-order valence-corrected chi connectivity index (χ2v) is 4.40. The van der Waals surface area contributed by atoms with Gasteiger partial charge >= 0.3 is 0 Å². The van der Waals surface area contributed by atoms with Gasteiger partial charge in [-0.05, 0) is 25.5 Å². The van der Waals surface area contributed by atoms with Crippen LogP contribution in [0.1, 0.15) is 12.5 Å². The minimum Gasteiger partial charge on any atom is -0.397 e. The Balaban J connectivity index is 2.93. The SMILES string of the molecule is COCCN(c1ncc(N)cc1C)C(C)COC. The van der Waals surface area contributed by atoms with Crippen LogP contribution in [0.15, 0.2) is 12.3 Å². The molecular formula is C13H23N3O2. The number of methoxy groups -OCH3 is 2. The second kappa shape index (κ2) is 7.18. The summed E-state index contributed by atoms with van der Waals surface area (Å²) in [5.74, 6) is 0.936. The van der Waals surface area contributed by atoms with Crippen molar-refractivity contribution in [3.63, 3.8) is 0 Å². The van der Waals surface area contributed by atoms with Gasteiger partial charge in [0.2, 0.25) is 0 Å². The standard InChI is InChI=1S/C13H23N3O2/c1-10-7-12(14)8-15-13(10)16(5-6-17-3)11(2)9-18-4/h7-8,11H,5-6,9,14H2,1-4H3. The maximum atomic E-state index is 5.73. The van der Waals surface area contributed by atoms with E-state index >= 15 is 0 Å². The van der Waals surface area contributed by atoms with E-state index in [0.29, 0.717) is 18.9 Å². The van der Waals surface area contributed by atoms with Gasteiger partial charge in [0.1, 0.15) is 5.82 Å². The highest BCUT2D eigenvalue weighted by atomic mass is 16.5. The van der Waals surface area contributed by atoms with Crippen molar-refractivity contribution in [1.82, 2.24) is 4.98 Å². The van der Waals surface area contributed by atoms with E-state index in [4.69, 9.17) is 15.2 Å². The summed E-state index contributed by atoms with van der Waals surface area (Å²) in [7, 11) is 3.40. The fraction of sp³-hybridized carbons (Fsp3) is 0.615. The van der Waals surface area contributed by atoms with Crippen molar-refractivity contribution in [1.29, 1.82) is 0 Å². The molecule has 0 bridgehead atoms. The summed E-state index contributed by atoms with van der Waals surface area (Å²) < 4.78 is 10.4. The van der Waals surface area contributed by atoms with Gasteiger partial charge in [0.15, 0.2) is 0 Å². The Morgan fingerprint density at radius 1 is 1.39 bits per heavy atom. The van der Waals surface area contributed by atoms with Crippen molar-refractivity contribution in [2.45, 2.75) is 19.9 Å². The average Bonchev–Trinajstić information content (AvgIpc) is 2.32. The first kappa shape index (κ1) is 14.7. The van der Waals surface area contributed by atoms with E-state index in [0.717, 1.165) is 17.9 Å². The molecule has 1 rings (SSSR count). The molecule has 0 saturated carbocycles. The van der Waals surface area contributed by atoms with Crippen LogP contribution in [0.25, 0.3) is 0 Å². The Hall–Kier alpha value is -1.33. The third-order valence-electron chi connectivity index (χ3n) is 2.82. The summed E-state index contributed by atoms with van der Waals surface area (Å²) in [5, 5.41) is 0. The van der Waals surface area contributed by atoms with Gasteiger partial charge in [0.25, 0.3) is 0 Å². The summed E-state index contributed by atoms with van der Waals surface area (Å²) in [6.07, 6.45) is 1.68. The van der Waals surface area contributed by atoms with Crippen LogP contribution in [0.5, 0.6) is 0 Å². The van der Waals surface area contributed by atoms with Crippen molar-refractivity contribution >= 4 is 11.5 Å². The Morgan fingerprint density at radius 2 is 2.11 bits per heavy atom. The lowest BCUT2D eigenvalue weighted by Crippen LogP contribution is -2.39. The Labute approximate surface area is 109 Å². The van der Waals surface area contributed by atoms with E-state index in [2.05, 4.69) is 16.8 Å². The topological polar surface area (TPSA) is 60.6 Å². The van der Waals surface area contributed by atoms with Crippen LogP contribution in [0.4, 0.5) is 11.5 Å². The zero-order valence-electron chi connectivity index (χ0n) is 11.6. The van der Waals surface area contributed by atoms with Crippen LogP contribution in [-0.4, -0.2) is 45.0 Å². The molecule has 0 amide bonds. The molecule has 0 aliphatic carbocycles. The number of nitrogens with zero attached hydrogens (tertiary/aromatic N) is 2. The maximum Gasteiger partial charge on any atom is 0.131 e. The maximum absolute atomic E-state index is 5.73. The van der Waals surface area contributed by atoms with Gasteiger partial charge < -0.3 is 20.1 Å². The van der Waals surface area contributed by atoms with E-state index in [-0.39, 0.29) is 6.04 Å². The highest BCUT2D eigenvalue weighted by Gasteiger charge is 2.17. The first-order valence-electron chi connectivity index (χ1n) is 6.06. The number of nitrogen functional groups attached to an aromatic ring is 1. The molecule has 0 aromatic carbocycles. The van der Waals surface area contributed by atoms with Crippen molar-refractivity contribution in [2.24, 2.45) is 0 Å². The molecule has 18 heavy (non-hydrogen) atoms. The van der Waals surface area contributed by atoms with Gasteiger partial charge in [-0.2, -0.15) is 0 Å². The molecule has 0 aliphatic rings. The molecule has 0 radical (unpaired) electrons. The number of rotatable bonds is 7. The smallest absolute Gasteiger partial charge is 0.131 e. The Morgan fingerprint density at radius 3 is 2.67 bits per heavy atom. The molecule has 1 unspecified atom stereocenters. The van der Waals surface area contributed by atoms with Gasteiger partial charge in [-0.1, -0.05) is 0 Å². The number of hydrogen-bond donors (Lipinski definition) is 1. The summed E-state index contributed by atoms with van der Waals surface area (Å²) in [6, 6.07) is 2.17. The van der Waals surface area contributed by atoms with E-state index in [1.165, 1.54) is 0 Å². The van der Waals surface area contributed by atoms with Crippen LogP contribution in [-0.2, 0) is 9.47 Å². The fourth-order valence-corrected chi connectivity index (χ4v) is 1.95. The highest BCUT2D eigenvalue weighted by molar-refractivity contribution is 5.53. The molecule has 1 heterocycles. The van der Waals surface area contributed by atoms with Crippen LogP contribution in [0.3, 0.4) is 0 Å². The third-order valence-corrected chi connectivity index (χ3v) is 2.82. The second-order valence-electron chi connectivity index (χ2n) is 4.40. The van der Waals surface area contributed by atoms with Crippen LogP contribution >= 0.6 is 0 Å². The summed E-state index contributed by atoms with van der Waals surface area (Å²) in [6.45, 7) is 6.20. The summed E-state index contributed by atoms with van der Waals surface area (Å²) in [5.41, 5.74) is 7.48. The monoisotopic (exact) mass is 253 g/mol. The minimum atomic E-state index is 0.236.